The average Bonchev–Trinajstić information content (AvgIpc) is 2.71. The predicted octanol–water partition coefficient (Wildman–Crippen LogP) is 4.24. The number of unbranched alkanes of at least 4 members (excludes halogenated alkanes) is 1. The first kappa shape index (κ1) is 25.3. The van der Waals surface area contributed by atoms with Gasteiger partial charge in [-0.15, -0.1) is 0 Å². The lowest BCUT2D eigenvalue weighted by Crippen LogP contribution is -2.37. The largest absolute Gasteiger partial charge is 0.444 e. The maximum Gasteiger partial charge on any atom is 0.412 e. The Morgan fingerprint density at radius 1 is 0.969 bits per heavy atom. The summed E-state index contributed by atoms with van der Waals surface area (Å²) in [7, 11) is 0. The monoisotopic (exact) mass is 441 g/mol. The Balaban J connectivity index is 2.05. The summed E-state index contributed by atoms with van der Waals surface area (Å²) in [6.45, 7) is 11.0. The van der Waals surface area contributed by atoms with Gasteiger partial charge < -0.3 is 21.1 Å². The molecule has 174 valence electrons. The lowest BCUT2D eigenvalue weighted by molar-refractivity contribution is 0.0635. The second kappa shape index (κ2) is 11.1. The standard InChI is InChI=1S/C24H35N5O3/c1-23(2,3)32-22(31)29-19-11-7-6-10-18(19)28-21(30)20-13-12-17(16-26-20)24(4,5)27-15-9-8-14-25/h6-7,10-13,16,27H,8-9,14-15,25H2,1-5H3,(H,28,30)(H,29,31). The van der Waals surface area contributed by atoms with Gasteiger partial charge in [0.2, 0.25) is 0 Å². The first-order valence-electron chi connectivity index (χ1n) is 10.8. The molecule has 0 fully saturated rings. The minimum absolute atomic E-state index is 0.277. The highest BCUT2D eigenvalue weighted by molar-refractivity contribution is 6.05. The smallest absolute Gasteiger partial charge is 0.412 e. The van der Waals surface area contributed by atoms with Gasteiger partial charge in [-0.1, -0.05) is 18.2 Å². The molecule has 0 spiro atoms. The molecule has 0 saturated heterocycles. The van der Waals surface area contributed by atoms with E-state index in [4.69, 9.17) is 10.5 Å². The van der Waals surface area contributed by atoms with Gasteiger partial charge in [0.05, 0.1) is 11.4 Å². The molecule has 0 unspecified atom stereocenters. The summed E-state index contributed by atoms with van der Waals surface area (Å²) in [4.78, 5) is 29.2. The van der Waals surface area contributed by atoms with E-state index in [-0.39, 0.29) is 17.1 Å². The number of nitrogens with one attached hydrogen (secondary N) is 3. The van der Waals surface area contributed by atoms with Gasteiger partial charge >= 0.3 is 6.09 Å². The third-order valence-corrected chi connectivity index (χ3v) is 4.73. The van der Waals surface area contributed by atoms with Gasteiger partial charge in [-0.2, -0.15) is 0 Å². The Morgan fingerprint density at radius 2 is 1.62 bits per heavy atom. The van der Waals surface area contributed by atoms with Crippen molar-refractivity contribution in [3.63, 3.8) is 0 Å². The number of anilines is 2. The Morgan fingerprint density at radius 3 is 2.19 bits per heavy atom. The number of nitrogens with two attached hydrogens (primary N) is 1. The number of hydrogen-bond acceptors (Lipinski definition) is 6. The second-order valence-corrected chi connectivity index (χ2v) is 9.11. The fourth-order valence-electron chi connectivity index (χ4n) is 2.97. The molecule has 0 aliphatic heterocycles. The summed E-state index contributed by atoms with van der Waals surface area (Å²) >= 11 is 0. The van der Waals surface area contributed by atoms with E-state index in [1.165, 1.54) is 0 Å². The van der Waals surface area contributed by atoms with Crippen molar-refractivity contribution in [2.75, 3.05) is 23.7 Å². The highest BCUT2D eigenvalue weighted by atomic mass is 16.6. The van der Waals surface area contributed by atoms with Crippen LogP contribution in [0.3, 0.4) is 0 Å². The molecule has 0 aliphatic rings. The van der Waals surface area contributed by atoms with E-state index in [9.17, 15) is 9.59 Å². The number of pyridine rings is 1. The van der Waals surface area contributed by atoms with Gasteiger partial charge in [0.25, 0.3) is 5.91 Å². The number of hydrogen-bond donors (Lipinski definition) is 4. The summed E-state index contributed by atoms with van der Waals surface area (Å²) in [6.07, 6.45) is 3.09. The molecule has 0 radical (unpaired) electrons. The molecule has 1 aromatic carbocycles. The summed E-state index contributed by atoms with van der Waals surface area (Å²) in [5, 5.41) is 8.96. The highest BCUT2D eigenvalue weighted by Gasteiger charge is 2.21. The third kappa shape index (κ3) is 7.94. The predicted molar refractivity (Wildman–Crippen MR) is 128 cm³/mol. The molecule has 1 aromatic heterocycles. The number of carbonyl (C=O) groups is 2. The van der Waals surface area contributed by atoms with Crippen LogP contribution in [0.2, 0.25) is 0 Å². The topological polar surface area (TPSA) is 118 Å². The SMILES string of the molecule is CC(C)(C)OC(=O)Nc1ccccc1NC(=O)c1ccc(C(C)(C)NCCCCN)cn1. The molecular weight excluding hydrogens is 406 g/mol. The lowest BCUT2D eigenvalue weighted by atomic mass is 9.95. The molecule has 0 atom stereocenters. The van der Waals surface area contributed by atoms with E-state index >= 15 is 0 Å². The lowest BCUT2D eigenvalue weighted by Gasteiger charge is -2.27. The van der Waals surface area contributed by atoms with Crippen LogP contribution < -0.4 is 21.7 Å². The van der Waals surface area contributed by atoms with Crippen LogP contribution in [-0.4, -0.2) is 35.7 Å². The van der Waals surface area contributed by atoms with Crippen LogP contribution >= 0.6 is 0 Å². The third-order valence-electron chi connectivity index (χ3n) is 4.73. The zero-order valence-corrected chi connectivity index (χ0v) is 19.6. The molecule has 32 heavy (non-hydrogen) atoms. The molecule has 0 aliphatic carbocycles. The maximum absolute atomic E-state index is 12.7. The van der Waals surface area contributed by atoms with Crippen molar-refractivity contribution in [1.29, 1.82) is 0 Å². The molecule has 8 heteroatoms. The van der Waals surface area contributed by atoms with Crippen LogP contribution in [0.4, 0.5) is 16.2 Å². The van der Waals surface area contributed by atoms with E-state index < -0.39 is 11.7 Å². The summed E-state index contributed by atoms with van der Waals surface area (Å²) in [5.41, 5.74) is 6.80. The number of carbonyl (C=O) groups excluding carboxylic acids is 2. The van der Waals surface area contributed by atoms with Crippen LogP contribution in [0.5, 0.6) is 0 Å². The Labute approximate surface area is 190 Å². The van der Waals surface area contributed by atoms with E-state index in [1.807, 2.05) is 6.07 Å². The number of para-hydroxylation sites is 2. The quantitative estimate of drug-likeness (QED) is 0.432. The Hall–Kier alpha value is -2.97. The fraction of sp³-hybridized carbons (Fsp3) is 0.458. The van der Waals surface area contributed by atoms with Gasteiger partial charge in [0, 0.05) is 11.7 Å². The normalized spacial score (nSPS) is 11.7. The van der Waals surface area contributed by atoms with Crippen LogP contribution in [0.15, 0.2) is 42.6 Å². The number of nitrogens with zero attached hydrogens (tertiary/aromatic N) is 1. The molecule has 2 amide bonds. The molecule has 1 heterocycles. The van der Waals surface area contributed by atoms with Crippen LogP contribution in [0.25, 0.3) is 0 Å². The minimum atomic E-state index is -0.624. The highest BCUT2D eigenvalue weighted by Crippen LogP contribution is 2.23. The van der Waals surface area contributed by atoms with Crippen LogP contribution in [-0.2, 0) is 10.3 Å². The van der Waals surface area contributed by atoms with Crippen molar-refractivity contribution in [3.8, 4) is 0 Å². The summed E-state index contributed by atoms with van der Waals surface area (Å²) in [6, 6.07) is 10.5. The van der Waals surface area contributed by atoms with Crippen molar-refractivity contribution in [3.05, 3.63) is 53.9 Å². The first-order chi connectivity index (χ1) is 15.0. The van der Waals surface area contributed by atoms with Gasteiger partial charge in [-0.25, -0.2) is 4.79 Å². The molecule has 2 rings (SSSR count). The molecule has 8 nitrogen and oxygen atoms in total. The second-order valence-electron chi connectivity index (χ2n) is 9.11. The average molecular weight is 442 g/mol. The van der Waals surface area contributed by atoms with Gasteiger partial charge in [0.1, 0.15) is 11.3 Å². The van der Waals surface area contributed by atoms with Gasteiger partial charge in [-0.05, 0) is 84.3 Å². The van der Waals surface area contributed by atoms with Gasteiger partial charge in [0.15, 0.2) is 0 Å². The van der Waals surface area contributed by atoms with Crippen molar-refractivity contribution < 1.29 is 14.3 Å². The van der Waals surface area contributed by atoms with Crippen molar-refractivity contribution in [2.45, 2.75) is 58.6 Å². The zero-order valence-electron chi connectivity index (χ0n) is 19.6. The van der Waals surface area contributed by atoms with E-state index in [0.717, 1.165) is 24.9 Å². The minimum Gasteiger partial charge on any atom is -0.444 e. The van der Waals surface area contributed by atoms with E-state index in [0.29, 0.717) is 17.9 Å². The molecule has 5 N–H and O–H groups in total. The Bertz CT molecular complexity index is 905. The molecular formula is C24H35N5O3. The van der Waals surface area contributed by atoms with Crippen molar-refractivity contribution in [1.82, 2.24) is 10.3 Å². The van der Waals surface area contributed by atoms with E-state index in [1.54, 1.807) is 57.3 Å². The van der Waals surface area contributed by atoms with Gasteiger partial charge in [-0.3, -0.25) is 15.1 Å². The van der Waals surface area contributed by atoms with Crippen LogP contribution in [0.1, 0.15) is 63.5 Å². The summed E-state index contributed by atoms with van der Waals surface area (Å²) in [5.74, 6) is -0.372. The number of ether oxygens (including phenoxy) is 1. The molecule has 0 bridgehead atoms. The van der Waals surface area contributed by atoms with Crippen molar-refractivity contribution in [2.24, 2.45) is 5.73 Å². The van der Waals surface area contributed by atoms with E-state index in [2.05, 4.69) is 34.8 Å². The number of rotatable bonds is 9. The number of aromatic nitrogens is 1. The maximum atomic E-state index is 12.7. The molecule has 2 aromatic rings. The number of amides is 2. The Kier molecular flexibility index (Phi) is 8.74. The zero-order chi connectivity index (χ0) is 23.8. The molecule has 0 saturated carbocycles. The summed E-state index contributed by atoms with van der Waals surface area (Å²) < 4.78 is 5.29. The van der Waals surface area contributed by atoms with Crippen LogP contribution in [0, 0.1) is 0 Å². The number of benzene rings is 1. The van der Waals surface area contributed by atoms with Crippen molar-refractivity contribution >= 4 is 23.4 Å². The first-order valence-corrected chi connectivity index (χ1v) is 10.8. The fourth-order valence-corrected chi connectivity index (χ4v) is 2.97.